The van der Waals surface area contributed by atoms with Gasteiger partial charge in [-0.3, -0.25) is 9.78 Å². The smallest absolute Gasteiger partial charge is 0.314 e. The standard InChI is InChI=1S/C21H33NO2/c1-3-5-6-7-9-19-14-15-20(16-22-19)24-21(23)18-12-10-17(8-4-2)11-13-18/h14-18H,3-13H2,1-2H3. The molecule has 0 unspecified atom stereocenters. The largest absolute Gasteiger partial charge is 0.425 e. The molecule has 3 nitrogen and oxygen atoms in total. The predicted molar refractivity (Wildman–Crippen MR) is 98.1 cm³/mol. The van der Waals surface area contributed by atoms with Crippen molar-refractivity contribution in [3.8, 4) is 5.75 Å². The Kier molecular flexibility index (Phi) is 8.27. The number of hydrogen-bond donors (Lipinski definition) is 0. The fourth-order valence-electron chi connectivity index (χ4n) is 3.65. The number of rotatable bonds is 9. The SMILES string of the molecule is CCCCCCc1ccc(OC(=O)C2CCC(CCC)CC2)cn1. The first kappa shape index (κ1) is 19.0. The first-order valence-corrected chi connectivity index (χ1v) is 9.89. The Hall–Kier alpha value is -1.38. The Morgan fingerprint density at radius 3 is 2.50 bits per heavy atom. The Morgan fingerprint density at radius 1 is 1.08 bits per heavy atom. The van der Waals surface area contributed by atoms with Gasteiger partial charge in [-0.05, 0) is 56.6 Å². The molecule has 24 heavy (non-hydrogen) atoms. The summed E-state index contributed by atoms with van der Waals surface area (Å²) in [5.74, 6) is 1.41. The molecular formula is C21H33NO2. The molecule has 1 aromatic rings. The zero-order valence-corrected chi connectivity index (χ0v) is 15.4. The molecule has 0 amide bonds. The third-order valence-electron chi connectivity index (χ3n) is 5.18. The highest BCUT2D eigenvalue weighted by Crippen LogP contribution is 2.32. The minimum absolute atomic E-state index is 0.0672. The molecule has 134 valence electrons. The van der Waals surface area contributed by atoms with Crippen LogP contribution in [0.4, 0.5) is 0 Å². The van der Waals surface area contributed by atoms with Crippen LogP contribution in [0.15, 0.2) is 18.3 Å². The lowest BCUT2D eigenvalue weighted by Crippen LogP contribution is -2.25. The van der Waals surface area contributed by atoms with Crippen molar-refractivity contribution in [2.45, 2.75) is 84.5 Å². The summed E-state index contributed by atoms with van der Waals surface area (Å²) in [6.07, 6.45) is 14.5. The summed E-state index contributed by atoms with van der Waals surface area (Å²) in [4.78, 5) is 16.7. The number of carbonyl (C=O) groups excluding carboxylic acids is 1. The van der Waals surface area contributed by atoms with E-state index in [9.17, 15) is 4.79 Å². The summed E-state index contributed by atoms with van der Waals surface area (Å²) in [5.41, 5.74) is 1.09. The normalized spacial score (nSPS) is 20.8. The van der Waals surface area contributed by atoms with E-state index in [1.165, 1.54) is 51.4 Å². The highest BCUT2D eigenvalue weighted by atomic mass is 16.5. The number of ether oxygens (including phenoxy) is 1. The first-order chi connectivity index (χ1) is 11.7. The first-order valence-electron chi connectivity index (χ1n) is 9.89. The van der Waals surface area contributed by atoms with Crippen LogP contribution in [0.25, 0.3) is 0 Å². The van der Waals surface area contributed by atoms with Gasteiger partial charge in [0, 0.05) is 5.69 Å². The Labute approximate surface area is 147 Å². The van der Waals surface area contributed by atoms with Crippen LogP contribution >= 0.6 is 0 Å². The summed E-state index contributed by atoms with van der Waals surface area (Å²) < 4.78 is 5.55. The van der Waals surface area contributed by atoms with E-state index < -0.39 is 0 Å². The van der Waals surface area contributed by atoms with Gasteiger partial charge in [-0.15, -0.1) is 0 Å². The molecule has 2 rings (SSSR count). The van der Waals surface area contributed by atoms with Gasteiger partial charge in [0.25, 0.3) is 0 Å². The summed E-state index contributed by atoms with van der Waals surface area (Å²) in [6, 6.07) is 3.88. The molecule has 0 aliphatic heterocycles. The topological polar surface area (TPSA) is 39.2 Å². The van der Waals surface area contributed by atoms with Gasteiger partial charge in [0.05, 0.1) is 12.1 Å². The van der Waals surface area contributed by atoms with E-state index in [1.54, 1.807) is 6.20 Å². The van der Waals surface area contributed by atoms with Crippen LogP contribution in [0.2, 0.25) is 0 Å². The molecule has 0 radical (unpaired) electrons. The lowest BCUT2D eigenvalue weighted by atomic mass is 9.80. The molecule has 0 bridgehead atoms. The third kappa shape index (κ3) is 6.26. The molecule has 1 saturated carbocycles. The molecule has 0 N–H and O–H groups in total. The quantitative estimate of drug-likeness (QED) is 0.429. The van der Waals surface area contributed by atoms with Crippen molar-refractivity contribution >= 4 is 5.97 Å². The van der Waals surface area contributed by atoms with Crippen LogP contribution in [0, 0.1) is 11.8 Å². The van der Waals surface area contributed by atoms with Crippen molar-refractivity contribution in [2.24, 2.45) is 11.8 Å². The number of unbranched alkanes of at least 4 members (excludes halogenated alkanes) is 3. The van der Waals surface area contributed by atoms with Gasteiger partial charge in [0.2, 0.25) is 0 Å². The molecular weight excluding hydrogens is 298 g/mol. The van der Waals surface area contributed by atoms with Gasteiger partial charge in [0.15, 0.2) is 0 Å². The fourth-order valence-corrected chi connectivity index (χ4v) is 3.65. The maximum atomic E-state index is 12.3. The summed E-state index contributed by atoms with van der Waals surface area (Å²) in [5, 5.41) is 0. The van der Waals surface area contributed by atoms with Gasteiger partial charge < -0.3 is 4.74 Å². The fraction of sp³-hybridized carbons (Fsp3) is 0.714. The van der Waals surface area contributed by atoms with Crippen LogP contribution in [0.5, 0.6) is 5.75 Å². The molecule has 1 aliphatic carbocycles. The van der Waals surface area contributed by atoms with Crippen molar-refractivity contribution in [3.63, 3.8) is 0 Å². The van der Waals surface area contributed by atoms with E-state index in [-0.39, 0.29) is 11.9 Å². The zero-order valence-electron chi connectivity index (χ0n) is 15.4. The van der Waals surface area contributed by atoms with E-state index in [1.807, 2.05) is 12.1 Å². The van der Waals surface area contributed by atoms with Crippen LogP contribution in [0.1, 0.15) is 83.7 Å². The van der Waals surface area contributed by atoms with E-state index >= 15 is 0 Å². The van der Waals surface area contributed by atoms with Crippen molar-refractivity contribution in [1.29, 1.82) is 0 Å². The van der Waals surface area contributed by atoms with Crippen molar-refractivity contribution in [3.05, 3.63) is 24.0 Å². The molecule has 0 saturated heterocycles. The second-order valence-electron chi connectivity index (χ2n) is 7.22. The average molecular weight is 332 g/mol. The maximum absolute atomic E-state index is 12.3. The predicted octanol–water partition coefficient (Wildman–Crippen LogP) is 5.72. The summed E-state index contributed by atoms with van der Waals surface area (Å²) >= 11 is 0. The molecule has 0 aromatic carbocycles. The lowest BCUT2D eigenvalue weighted by molar-refractivity contribution is -0.140. The Bertz CT molecular complexity index is 475. The van der Waals surface area contributed by atoms with Crippen LogP contribution in [-0.4, -0.2) is 11.0 Å². The Morgan fingerprint density at radius 2 is 1.88 bits per heavy atom. The molecule has 1 aromatic heterocycles. The van der Waals surface area contributed by atoms with Crippen LogP contribution < -0.4 is 4.74 Å². The van der Waals surface area contributed by atoms with E-state index in [0.717, 1.165) is 30.9 Å². The number of pyridine rings is 1. The Balaban J connectivity index is 1.74. The van der Waals surface area contributed by atoms with Crippen LogP contribution in [0.3, 0.4) is 0 Å². The zero-order chi connectivity index (χ0) is 17.2. The summed E-state index contributed by atoms with van der Waals surface area (Å²) in [6.45, 7) is 4.46. The van der Waals surface area contributed by atoms with Gasteiger partial charge in [-0.25, -0.2) is 0 Å². The monoisotopic (exact) mass is 331 g/mol. The average Bonchev–Trinajstić information content (AvgIpc) is 2.61. The van der Waals surface area contributed by atoms with Gasteiger partial charge in [-0.2, -0.15) is 0 Å². The number of aromatic nitrogens is 1. The van der Waals surface area contributed by atoms with Crippen LogP contribution in [-0.2, 0) is 11.2 Å². The molecule has 0 spiro atoms. The number of aryl methyl sites for hydroxylation is 1. The molecule has 0 atom stereocenters. The van der Waals surface area contributed by atoms with E-state index in [4.69, 9.17) is 4.74 Å². The van der Waals surface area contributed by atoms with Crippen molar-refractivity contribution in [2.75, 3.05) is 0 Å². The second-order valence-corrected chi connectivity index (χ2v) is 7.22. The maximum Gasteiger partial charge on any atom is 0.314 e. The van der Waals surface area contributed by atoms with Gasteiger partial charge in [-0.1, -0.05) is 46.0 Å². The minimum atomic E-state index is -0.0672. The van der Waals surface area contributed by atoms with Gasteiger partial charge in [0.1, 0.15) is 5.75 Å². The molecule has 3 heteroatoms. The number of nitrogens with zero attached hydrogens (tertiary/aromatic N) is 1. The van der Waals surface area contributed by atoms with Crippen molar-refractivity contribution in [1.82, 2.24) is 4.98 Å². The van der Waals surface area contributed by atoms with E-state index in [0.29, 0.717) is 5.75 Å². The minimum Gasteiger partial charge on any atom is -0.425 e. The van der Waals surface area contributed by atoms with Gasteiger partial charge >= 0.3 is 5.97 Å². The van der Waals surface area contributed by atoms with Crippen molar-refractivity contribution < 1.29 is 9.53 Å². The lowest BCUT2D eigenvalue weighted by Gasteiger charge is -2.26. The highest BCUT2D eigenvalue weighted by Gasteiger charge is 2.27. The third-order valence-corrected chi connectivity index (χ3v) is 5.18. The number of esters is 1. The number of hydrogen-bond acceptors (Lipinski definition) is 3. The molecule has 1 heterocycles. The van der Waals surface area contributed by atoms with E-state index in [2.05, 4.69) is 18.8 Å². The molecule has 1 aliphatic rings. The molecule has 1 fully saturated rings. The number of carbonyl (C=O) groups is 1. The highest BCUT2D eigenvalue weighted by molar-refractivity contribution is 5.75. The summed E-state index contributed by atoms with van der Waals surface area (Å²) in [7, 11) is 0. The second kappa shape index (κ2) is 10.5.